The molecule has 1 fully saturated rings. The van der Waals surface area contributed by atoms with Crippen molar-refractivity contribution in [2.45, 2.75) is 6.04 Å². The highest BCUT2D eigenvalue weighted by molar-refractivity contribution is 9.10. The van der Waals surface area contributed by atoms with E-state index in [0.29, 0.717) is 4.47 Å². The minimum atomic E-state index is -0.159. The van der Waals surface area contributed by atoms with Crippen LogP contribution in [0.15, 0.2) is 22.7 Å². The van der Waals surface area contributed by atoms with E-state index in [-0.39, 0.29) is 24.3 Å². The Bertz CT molecular complexity index is 329. The van der Waals surface area contributed by atoms with E-state index in [0.717, 1.165) is 25.2 Å². The van der Waals surface area contributed by atoms with Crippen molar-refractivity contribution in [1.82, 2.24) is 10.6 Å². The van der Waals surface area contributed by atoms with Gasteiger partial charge in [-0.05, 0) is 22.0 Å². The first-order valence-electron chi connectivity index (χ1n) is 4.67. The van der Waals surface area contributed by atoms with Crippen LogP contribution in [0.25, 0.3) is 0 Å². The van der Waals surface area contributed by atoms with Crippen LogP contribution in [0.3, 0.4) is 0 Å². The number of halogens is 3. The molecule has 0 saturated carbocycles. The van der Waals surface area contributed by atoms with Gasteiger partial charge in [-0.3, -0.25) is 0 Å². The Morgan fingerprint density at radius 2 is 2.13 bits per heavy atom. The molecule has 2 rings (SSSR count). The first-order chi connectivity index (χ1) is 6.79. The smallest absolute Gasteiger partial charge is 0.142 e. The second kappa shape index (κ2) is 5.80. The summed E-state index contributed by atoms with van der Waals surface area (Å²) in [6.07, 6.45) is 0. The van der Waals surface area contributed by atoms with Gasteiger partial charge in [0, 0.05) is 31.2 Å². The van der Waals surface area contributed by atoms with E-state index in [1.54, 1.807) is 6.07 Å². The quantitative estimate of drug-likeness (QED) is 0.830. The van der Waals surface area contributed by atoms with Crippen molar-refractivity contribution >= 4 is 28.3 Å². The van der Waals surface area contributed by atoms with Gasteiger partial charge in [0.05, 0.1) is 4.47 Å². The molecule has 1 aromatic rings. The summed E-state index contributed by atoms with van der Waals surface area (Å²) in [6.45, 7) is 2.62. The maximum atomic E-state index is 13.7. The van der Waals surface area contributed by atoms with E-state index in [1.807, 2.05) is 12.1 Å². The SMILES string of the molecule is Cl.Fc1c(Br)cccc1[C@H]1CNCCN1. The van der Waals surface area contributed by atoms with E-state index < -0.39 is 0 Å². The fourth-order valence-corrected chi connectivity index (χ4v) is 2.04. The van der Waals surface area contributed by atoms with E-state index in [2.05, 4.69) is 26.6 Å². The molecule has 1 aliphatic heterocycles. The van der Waals surface area contributed by atoms with E-state index in [4.69, 9.17) is 0 Å². The second-order valence-electron chi connectivity index (χ2n) is 3.35. The first-order valence-corrected chi connectivity index (χ1v) is 5.46. The highest BCUT2D eigenvalue weighted by atomic mass is 79.9. The molecule has 84 valence electrons. The molecule has 0 unspecified atom stereocenters. The molecule has 5 heteroatoms. The van der Waals surface area contributed by atoms with Crippen molar-refractivity contribution in [1.29, 1.82) is 0 Å². The van der Waals surface area contributed by atoms with E-state index in [1.165, 1.54) is 0 Å². The predicted octanol–water partition coefficient (Wildman–Crippen LogP) is 2.24. The zero-order valence-electron chi connectivity index (χ0n) is 8.09. The standard InChI is InChI=1S/C10H12BrFN2.ClH/c11-8-3-1-2-7(10(8)12)9-6-13-4-5-14-9;/h1-3,9,13-14H,4-6H2;1H/t9-;/m1./s1. The predicted molar refractivity (Wildman–Crippen MR) is 65.0 cm³/mol. The topological polar surface area (TPSA) is 24.1 Å². The van der Waals surface area contributed by atoms with Crippen LogP contribution in [0.4, 0.5) is 4.39 Å². The molecule has 0 spiro atoms. The van der Waals surface area contributed by atoms with Gasteiger partial charge in [0.25, 0.3) is 0 Å². The number of hydrogen-bond donors (Lipinski definition) is 2. The monoisotopic (exact) mass is 294 g/mol. The summed E-state index contributed by atoms with van der Waals surface area (Å²) in [5.74, 6) is -0.159. The molecule has 2 nitrogen and oxygen atoms in total. The van der Waals surface area contributed by atoms with Crippen molar-refractivity contribution in [3.05, 3.63) is 34.1 Å². The molecule has 2 N–H and O–H groups in total. The molecule has 0 aliphatic carbocycles. The Morgan fingerprint density at radius 3 is 2.80 bits per heavy atom. The van der Waals surface area contributed by atoms with Crippen molar-refractivity contribution < 1.29 is 4.39 Å². The summed E-state index contributed by atoms with van der Waals surface area (Å²) in [5.41, 5.74) is 0.728. The summed E-state index contributed by atoms with van der Waals surface area (Å²) in [6, 6.07) is 5.49. The molecule has 0 amide bonds. The van der Waals surface area contributed by atoms with Gasteiger partial charge in [0.2, 0.25) is 0 Å². The van der Waals surface area contributed by atoms with Crippen LogP contribution in [-0.4, -0.2) is 19.6 Å². The number of piperazine rings is 1. The molecular formula is C10H13BrClFN2. The number of benzene rings is 1. The molecule has 1 aromatic carbocycles. The van der Waals surface area contributed by atoms with Gasteiger partial charge < -0.3 is 10.6 Å². The van der Waals surface area contributed by atoms with Crippen LogP contribution in [0.1, 0.15) is 11.6 Å². The summed E-state index contributed by atoms with van der Waals surface area (Å²) < 4.78 is 14.2. The van der Waals surface area contributed by atoms with Crippen molar-refractivity contribution in [3.8, 4) is 0 Å². The Hall–Kier alpha value is -0.160. The zero-order valence-corrected chi connectivity index (χ0v) is 10.5. The average Bonchev–Trinajstić information content (AvgIpc) is 2.23. The summed E-state index contributed by atoms with van der Waals surface area (Å²) in [5, 5.41) is 6.52. The van der Waals surface area contributed by atoms with Crippen LogP contribution >= 0.6 is 28.3 Å². The molecule has 0 radical (unpaired) electrons. The average molecular weight is 296 g/mol. The third kappa shape index (κ3) is 2.91. The van der Waals surface area contributed by atoms with Crippen molar-refractivity contribution in [3.63, 3.8) is 0 Å². The highest BCUT2D eigenvalue weighted by Crippen LogP contribution is 2.23. The normalized spacial score (nSPS) is 20.8. The van der Waals surface area contributed by atoms with Crippen LogP contribution in [-0.2, 0) is 0 Å². The van der Waals surface area contributed by atoms with Gasteiger partial charge >= 0.3 is 0 Å². The van der Waals surface area contributed by atoms with Crippen molar-refractivity contribution in [2.75, 3.05) is 19.6 Å². The van der Waals surface area contributed by atoms with Gasteiger partial charge in [-0.25, -0.2) is 4.39 Å². The van der Waals surface area contributed by atoms with E-state index >= 15 is 0 Å². The third-order valence-electron chi connectivity index (χ3n) is 2.40. The van der Waals surface area contributed by atoms with Crippen LogP contribution < -0.4 is 10.6 Å². The molecule has 1 saturated heterocycles. The largest absolute Gasteiger partial charge is 0.314 e. The van der Waals surface area contributed by atoms with Crippen LogP contribution in [0, 0.1) is 5.82 Å². The fourth-order valence-electron chi connectivity index (χ4n) is 1.66. The minimum absolute atomic E-state index is 0. The Labute approximate surface area is 103 Å². The Morgan fingerprint density at radius 1 is 1.33 bits per heavy atom. The van der Waals surface area contributed by atoms with Crippen LogP contribution in [0.2, 0.25) is 0 Å². The van der Waals surface area contributed by atoms with Gasteiger partial charge in [-0.15, -0.1) is 12.4 Å². The number of rotatable bonds is 1. The minimum Gasteiger partial charge on any atom is -0.314 e. The van der Waals surface area contributed by atoms with Gasteiger partial charge in [0.15, 0.2) is 0 Å². The molecule has 0 bridgehead atoms. The lowest BCUT2D eigenvalue weighted by atomic mass is 10.1. The molecule has 1 aliphatic rings. The highest BCUT2D eigenvalue weighted by Gasteiger charge is 2.18. The third-order valence-corrected chi connectivity index (χ3v) is 3.01. The second-order valence-corrected chi connectivity index (χ2v) is 4.21. The lowest BCUT2D eigenvalue weighted by Crippen LogP contribution is -2.42. The maximum absolute atomic E-state index is 13.7. The van der Waals surface area contributed by atoms with Crippen molar-refractivity contribution in [2.24, 2.45) is 0 Å². The molecular weight excluding hydrogens is 282 g/mol. The summed E-state index contributed by atoms with van der Waals surface area (Å²) in [7, 11) is 0. The van der Waals surface area contributed by atoms with Gasteiger partial charge in [-0.1, -0.05) is 12.1 Å². The van der Waals surface area contributed by atoms with Gasteiger partial charge in [-0.2, -0.15) is 0 Å². The maximum Gasteiger partial charge on any atom is 0.142 e. The zero-order chi connectivity index (χ0) is 9.97. The Kier molecular flexibility index (Phi) is 4.99. The number of hydrogen-bond acceptors (Lipinski definition) is 2. The summed E-state index contributed by atoms with van der Waals surface area (Å²) >= 11 is 3.19. The molecule has 15 heavy (non-hydrogen) atoms. The molecule has 0 aromatic heterocycles. The first kappa shape index (κ1) is 12.9. The van der Waals surface area contributed by atoms with Crippen LogP contribution in [0.5, 0.6) is 0 Å². The van der Waals surface area contributed by atoms with E-state index in [9.17, 15) is 4.39 Å². The fraction of sp³-hybridized carbons (Fsp3) is 0.400. The number of nitrogens with one attached hydrogen (secondary N) is 2. The Balaban J connectivity index is 0.00000112. The van der Waals surface area contributed by atoms with Gasteiger partial charge in [0.1, 0.15) is 5.82 Å². The summed E-state index contributed by atoms with van der Waals surface area (Å²) in [4.78, 5) is 0. The molecule has 1 heterocycles. The molecule has 1 atom stereocenters. The lowest BCUT2D eigenvalue weighted by molar-refractivity contribution is 0.416. The lowest BCUT2D eigenvalue weighted by Gasteiger charge is -2.25.